The van der Waals surface area contributed by atoms with E-state index in [0.29, 0.717) is 5.92 Å². The Kier molecular flexibility index (Phi) is 4.59. The summed E-state index contributed by atoms with van der Waals surface area (Å²) in [6, 6.07) is 5.98. The van der Waals surface area contributed by atoms with Crippen molar-refractivity contribution in [2.75, 3.05) is 19.6 Å². The summed E-state index contributed by atoms with van der Waals surface area (Å²) >= 11 is 0. The molecule has 1 saturated heterocycles. The normalized spacial score (nSPS) is 16.7. The molecule has 1 aromatic rings. The van der Waals surface area contributed by atoms with E-state index < -0.39 is 0 Å². The lowest BCUT2D eigenvalue weighted by molar-refractivity contribution is 0.0688. The standard InChI is InChI=1S/C16H24N2O/c1-12-3-4-15(11-13(12)2)16(19)18-9-6-14(5-8-17)7-10-18/h3-4,11,14H,5-10,17H2,1-2H3. The number of carbonyl (C=O) groups is 1. The summed E-state index contributed by atoms with van der Waals surface area (Å²) in [5.74, 6) is 0.878. The average molecular weight is 260 g/mol. The van der Waals surface area contributed by atoms with Gasteiger partial charge in [-0.3, -0.25) is 4.79 Å². The van der Waals surface area contributed by atoms with Crippen LogP contribution in [0.4, 0.5) is 0 Å². The largest absolute Gasteiger partial charge is 0.339 e. The molecule has 0 bridgehead atoms. The van der Waals surface area contributed by atoms with Crippen LogP contribution in [0.15, 0.2) is 18.2 Å². The van der Waals surface area contributed by atoms with E-state index in [1.54, 1.807) is 0 Å². The third kappa shape index (κ3) is 3.35. The van der Waals surface area contributed by atoms with Crippen LogP contribution in [0.3, 0.4) is 0 Å². The van der Waals surface area contributed by atoms with Gasteiger partial charge in [0.2, 0.25) is 0 Å². The highest BCUT2D eigenvalue weighted by Crippen LogP contribution is 2.21. The number of nitrogens with two attached hydrogens (primary N) is 1. The SMILES string of the molecule is Cc1ccc(C(=O)N2CCC(CCN)CC2)cc1C. The molecular formula is C16H24N2O. The predicted octanol–water partition coefficient (Wildman–Crippen LogP) is 2.50. The zero-order valence-corrected chi connectivity index (χ0v) is 12.0. The highest BCUT2D eigenvalue weighted by atomic mass is 16.2. The first kappa shape index (κ1) is 14.1. The monoisotopic (exact) mass is 260 g/mol. The third-order valence-corrected chi connectivity index (χ3v) is 4.23. The van der Waals surface area contributed by atoms with E-state index in [0.717, 1.165) is 44.5 Å². The van der Waals surface area contributed by atoms with Crippen LogP contribution in [0.5, 0.6) is 0 Å². The van der Waals surface area contributed by atoms with Gasteiger partial charge in [0.05, 0.1) is 0 Å². The van der Waals surface area contributed by atoms with Crippen molar-refractivity contribution >= 4 is 5.91 Å². The molecule has 3 nitrogen and oxygen atoms in total. The quantitative estimate of drug-likeness (QED) is 0.907. The first-order valence-electron chi connectivity index (χ1n) is 7.18. The Morgan fingerprint density at radius 1 is 1.26 bits per heavy atom. The van der Waals surface area contributed by atoms with Crippen molar-refractivity contribution in [1.82, 2.24) is 4.90 Å². The summed E-state index contributed by atoms with van der Waals surface area (Å²) in [5, 5.41) is 0. The Morgan fingerprint density at radius 2 is 1.95 bits per heavy atom. The van der Waals surface area contributed by atoms with E-state index in [2.05, 4.69) is 13.8 Å². The topological polar surface area (TPSA) is 46.3 Å². The van der Waals surface area contributed by atoms with Gasteiger partial charge in [0.1, 0.15) is 0 Å². The fourth-order valence-electron chi connectivity index (χ4n) is 2.72. The van der Waals surface area contributed by atoms with Gasteiger partial charge in [-0.2, -0.15) is 0 Å². The summed E-state index contributed by atoms with van der Waals surface area (Å²) in [5.41, 5.74) is 8.83. The minimum atomic E-state index is 0.175. The molecule has 0 saturated carbocycles. The molecule has 0 aromatic heterocycles. The molecule has 0 radical (unpaired) electrons. The van der Waals surface area contributed by atoms with Crippen molar-refractivity contribution in [3.8, 4) is 0 Å². The van der Waals surface area contributed by atoms with Crippen molar-refractivity contribution in [1.29, 1.82) is 0 Å². The first-order chi connectivity index (χ1) is 9.11. The third-order valence-electron chi connectivity index (χ3n) is 4.23. The number of aryl methyl sites for hydroxylation is 2. The van der Waals surface area contributed by atoms with E-state index in [1.165, 1.54) is 11.1 Å². The molecule has 1 aliphatic rings. The molecule has 1 fully saturated rings. The summed E-state index contributed by atoms with van der Waals surface area (Å²) < 4.78 is 0. The zero-order chi connectivity index (χ0) is 13.8. The fourth-order valence-corrected chi connectivity index (χ4v) is 2.72. The minimum Gasteiger partial charge on any atom is -0.339 e. The van der Waals surface area contributed by atoms with Gasteiger partial charge in [-0.15, -0.1) is 0 Å². The number of likely N-dealkylation sites (tertiary alicyclic amines) is 1. The Bertz CT molecular complexity index is 448. The molecule has 1 heterocycles. The van der Waals surface area contributed by atoms with E-state index in [9.17, 15) is 4.79 Å². The number of rotatable bonds is 3. The number of hydrogen-bond donors (Lipinski definition) is 1. The molecule has 19 heavy (non-hydrogen) atoms. The zero-order valence-electron chi connectivity index (χ0n) is 12.0. The average Bonchev–Trinajstić information content (AvgIpc) is 2.42. The van der Waals surface area contributed by atoms with Gasteiger partial charge < -0.3 is 10.6 Å². The molecule has 0 spiro atoms. The highest BCUT2D eigenvalue weighted by Gasteiger charge is 2.23. The van der Waals surface area contributed by atoms with Crippen LogP contribution in [0, 0.1) is 19.8 Å². The maximum atomic E-state index is 12.4. The van der Waals surface area contributed by atoms with Gasteiger partial charge in [0.15, 0.2) is 0 Å². The molecule has 2 rings (SSSR count). The van der Waals surface area contributed by atoms with Crippen LogP contribution in [0.1, 0.15) is 40.7 Å². The second-order valence-electron chi connectivity index (χ2n) is 5.61. The molecule has 1 aromatic carbocycles. The molecule has 1 aliphatic heterocycles. The number of benzene rings is 1. The Hall–Kier alpha value is -1.35. The Balaban J connectivity index is 1.99. The number of amides is 1. The minimum absolute atomic E-state index is 0.175. The lowest BCUT2D eigenvalue weighted by Gasteiger charge is -2.32. The van der Waals surface area contributed by atoms with Crippen molar-refractivity contribution < 1.29 is 4.79 Å². The van der Waals surface area contributed by atoms with Gasteiger partial charge in [-0.25, -0.2) is 0 Å². The Labute approximate surface area is 115 Å². The molecule has 0 unspecified atom stereocenters. The molecule has 3 heteroatoms. The summed E-state index contributed by atoms with van der Waals surface area (Å²) in [7, 11) is 0. The van der Waals surface area contributed by atoms with Crippen molar-refractivity contribution in [2.45, 2.75) is 33.1 Å². The van der Waals surface area contributed by atoms with E-state index in [4.69, 9.17) is 5.73 Å². The number of hydrogen-bond acceptors (Lipinski definition) is 2. The summed E-state index contributed by atoms with van der Waals surface area (Å²) in [6.45, 7) is 6.63. The smallest absolute Gasteiger partial charge is 0.253 e. The fraction of sp³-hybridized carbons (Fsp3) is 0.562. The Morgan fingerprint density at radius 3 is 2.53 bits per heavy atom. The van der Waals surface area contributed by atoms with E-state index in [-0.39, 0.29) is 5.91 Å². The summed E-state index contributed by atoms with van der Waals surface area (Å²) in [6.07, 6.45) is 3.27. The van der Waals surface area contributed by atoms with Crippen LogP contribution in [0.25, 0.3) is 0 Å². The van der Waals surface area contributed by atoms with Gasteiger partial charge in [-0.05, 0) is 68.8 Å². The summed E-state index contributed by atoms with van der Waals surface area (Å²) in [4.78, 5) is 14.4. The highest BCUT2D eigenvalue weighted by molar-refractivity contribution is 5.94. The molecule has 2 N–H and O–H groups in total. The van der Waals surface area contributed by atoms with Crippen LogP contribution >= 0.6 is 0 Å². The van der Waals surface area contributed by atoms with E-state index >= 15 is 0 Å². The van der Waals surface area contributed by atoms with Crippen LogP contribution in [-0.4, -0.2) is 30.4 Å². The first-order valence-corrected chi connectivity index (χ1v) is 7.18. The number of nitrogens with zero attached hydrogens (tertiary/aromatic N) is 1. The van der Waals surface area contributed by atoms with Crippen LogP contribution in [0.2, 0.25) is 0 Å². The molecule has 0 atom stereocenters. The maximum Gasteiger partial charge on any atom is 0.253 e. The number of carbonyl (C=O) groups excluding carboxylic acids is 1. The van der Waals surface area contributed by atoms with Crippen LogP contribution < -0.4 is 5.73 Å². The van der Waals surface area contributed by atoms with E-state index in [1.807, 2.05) is 23.1 Å². The lowest BCUT2D eigenvalue weighted by atomic mass is 9.93. The van der Waals surface area contributed by atoms with Gasteiger partial charge in [0.25, 0.3) is 5.91 Å². The van der Waals surface area contributed by atoms with Gasteiger partial charge in [0, 0.05) is 18.7 Å². The number of piperidine rings is 1. The predicted molar refractivity (Wildman–Crippen MR) is 78.2 cm³/mol. The lowest BCUT2D eigenvalue weighted by Crippen LogP contribution is -2.38. The molecule has 0 aliphatic carbocycles. The second kappa shape index (κ2) is 6.20. The maximum absolute atomic E-state index is 12.4. The van der Waals surface area contributed by atoms with Crippen molar-refractivity contribution in [2.24, 2.45) is 11.7 Å². The van der Waals surface area contributed by atoms with Crippen LogP contribution in [-0.2, 0) is 0 Å². The molecular weight excluding hydrogens is 236 g/mol. The van der Waals surface area contributed by atoms with Gasteiger partial charge >= 0.3 is 0 Å². The molecule has 1 amide bonds. The van der Waals surface area contributed by atoms with Crippen molar-refractivity contribution in [3.05, 3.63) is 34.9 Å². The van der Waals surface area contributed by atoms with Crippen molar-refractivity contribution in [3.63, 3.8) is 0 Å². The van der Waals surface area contributed by atoms with Gasteiger partial charge in [-0.1, -0.05) is 6.07 Å². The molecule has 104 valence electrons. The second-order valence-corrected chi connectivity index (χ2v) is 5.61.